The highest BCUT2D eigenvalue weighted by molar-refractivity contribution is 5.99. The van der Waals surface area contributed by atoms with E-state index in [1.165, 1.54) is 12.1 Å². The number of nitrogens with one attached hydrogen (secondary N) is 1. The number of hydrogen-bond acceptors (Lipinski definition) is 8. The molecule has 0 fully saturated rings. The van der Waals surface area contributed by atoms with E-state index >= 15 is 0 Å². The Morgan fingerprint density at radius 3 is 2.72 bits per heavy atom. The van der Waals surface area contributed by atoms with Crippen molar-refractivity contribution in [1.29, 1.82) is 0 Å². The van der Waals surface area contributed by atoms with Gasteiger partial charge in [-0.05, 0) is 42.7 Å². The summed E-state index contributed by atoms with van der Waals surface area (Å²) in [5, 5.41) is 18.9. The van der Waals surface area contributed by atoms with Crippen molar-refractivity contribution in [2.24, 2.45) is 0 Å². The van der Waals surface area contributed by atoms with Crippen LogP contribution in [0.2, 0.25) is 0 Å². The van der Waals surface area contributed by atoms with E-state index in [2.05, 4.69) is 15.4 Å². The fourth-order valence-electron chi connectivity index (χ4n) is 4.40. The van der Waals surface area contributed by atoms with Crippen molar-refractivity contribution in [2.75, 3.05) is 12.1 Å². The van der Waals surface area contributed by atoms with Crippen molar-refractivity contribution in [3.63, 3.8) is 0 Å². The van der Waals surface area contributed by atoms with Crippen LogP contribution in [0, 0.1) is 10.1 Å². The number of aromatic nitrogens is 3. The Morgan fingerprint density at radius 1 is 1.09 bits per heavy atom. The Morgan fingerprint density at radius 2 is 1.91 bits per heavy atom. The molecule has 3 heterocycles. The minimum Gasteiger partial charge on any atom is -0.454 e. The number of carbonyl (C=O) groups excluding carboxylic acids is 1. The minimum absolute atomic E-state index is 0.00295. The van der Waals surface area contributed by atoms with Crippen LogP contribution in [0.25, 0.3) is 11.4 Å². The molecule has 10 nitrogen and oxygen atoms in total. The van der Waals surface area contributed by atoms with Gasteiger partial charge in [-0.2, -0.15) is 4.98 Å². The van der Waals surface area contributed by atoms with E-state index in [1.807, 2.05) is 18.2 Å². The molecule has 160 valence electrons. The van der Waals surface area contributed by atoms with Crippen molar-refractivity contribution in [3.8, 4) is 22.9 Å². The number of non-ortho nitro benzene ring substituents is 1. The lowest BCUT2D eigenvalue weighted by molar-refractivity contribution is -0.384. The number of carbonyl (C=O) groups is 1. The first kappa shape index (κ1) is 18.6. The molecule has 6 rings (SSSR count). The van der Waals surface area contributed by atoms with Gasteiger partial charge in [0, 0.05) is 35.4 Å². The molecule has 2 aliphatic heterocycles. The number of Topliss-reactive ketones (excluding diaryl/α,β-unsaturated/α-hetero) is 1. The molecule has 3 aliphatic rings. The maximum absolute atomic E-state index is 13.0. The summed E-state index contributed by atoms with van der Waals surface area (Å²) in [6.07, 6.45) is 2.02. The molecule has 1 N–H and O–H groups in total. The number of fused-ring (bicyclic) bond motifs is 2. The third kappa shape index (κ3) is 2.83. The van der Waals surface area contributed by atoms with Crippen LogP contribution in [0.5, 0.6) is 11.5 Å². The third-order valence-electron chi connectivity index (χ3n) is 5.92. The fourth-order valence-corrected chi connectivity index (χ4v) is 4.40. The van der Waals surface area contributed by atoms with E-state index in [1.54, 1.807) is 16.8 Å². The standard InChI is InChI=1S/C22H17N5O5/c28-16-3-1-2-15-19(16)20(13-6-9-17-18(10-13)32-11-31-17)26-22(23-15)24-21(25-26)12-4-7-14(8-5-12)27(29)30/h4-10,20H,1-3,11H2,(H,23,24,25). The average Bonchev–Trinajstić information content (AvgIpc) is 3.44. The first-order chi connectivity index (χ1) is 15.6. The molecule has 3 aromatic rings. The molecule has 2 aromatic carbocycles. The summed E-state index contributed by atoms with van der Waals surface area (Å²) >= 11 is 0. The molecule has 0 radical (unpaired) electrons. The first-order valence-corrected chi connectivity index (χ1v) is 10.2. The van der Waals surface area contributed by atoms with Gasteiger partial charge in [0.2, 0.25) is 12.7 Å². The van der Waals surface area contributed by atoms with Gasteiger partial charge in [-0.3, -0.25) is 14.9 Å². The predicted molar refractivity (Wildman–Crippen MR) is 112 cm³/mol. The van der Waals surface area contributed by atoms with Gasteiger partial charge in [-0.1, -0.05) is 6.07 Å². The molecular weight excluding hydrogens is 414 g/mol. The van der Waals surface area contributed by atoms with Crippen molar-refractivity contribution in [1.82, 2.24) is 14.8 Å². The van der Waals surface area contributed by atoms with Crippen LogP contribution in [0.3, 0.4) is 0 Å². The van der Waals surface area contributed by atoms with Crippen LogP contribution in [-0.4, -0.2) is 32.3 Å². The molecule has 0 bridgehead atoms. The number of nitro benzene ring substituents is 1. The number of ether oxygens (including phenoxy) is 2. The lowest BCUT2D eigenvalue weighted by atomic mass is 9.85. The number of allylic oxidation sites excluding steroid dienone is 2. The highest BCUT2D eigenvalue weighted by Gasteiger charge is 2.37. The van der Waals surface area contributed by atoms with Gasteiger partial charge in [0.25, 0.3) is 5.69 Å². The van der Waals surface area contributed by atoms with Crippen LogP contribution in [0.15, 0.2) is 53.7 Å². The zero-order valence-corrected chi connectivity index (χ0v) is 16.8. The second-order valence-electron chi connectivity index (χ2n) is 7.82. The quantitative estimate of drug-likeness (QED) is 0.493. The summed E-state index contributed by atoms with van der Waals surface area (Å²) < 4.78 is 12.7. The summed E-state index contributed by atoms with van der Waals surface area (Å²) in [4.78, 5) is 28.1. The number of hydrogen-bond donors (Lipinski definition) is 1. The van der Waals surface area contributed by atoms with Crippen LogP contribution in [0.1, 0.15) is 30.9 Å². The highest BCUT2D eigenvalue weighted by Crippen LogP contribution is 2.43. The summed E-state index contributed by atoms with van der Waals surface area (Å²) in [5.41, 5.74) is 3.03. The second kappa shape index (κ2) is 6.91. The van der Waals surface area contributed by atoms with Crippen LogP contribution >= 0.6 is 0 Å². The molecular formula is C22H17N5O5. The summed E-state index contributed by atoms with van der Waals surface area (Å²) in [7, 11) is 0. The van der Waals surface area contributed by atoms with E-state index in [9.17, 15) is 14.9 Å². The maximum Gasteiger partial charge on any atom is 0.269 e. The molecule has 0 spiro atoms. The lowest BCUT2D eigenvalue weighted by Gasteiger charge is -2.32. The molecule has 1 aliphatic carbocycles. The Labute approximate surface area is 181 Å². The van der Waals surface area contributed by atoms with Crippen molar-refractivity contribution >= 4 is 17.4 Å². The van der Waals surface area contributed by atoms with Crippen molar-refractivity contribution < 1.29 is 19.2 Å². The molecule has 10 heteroatoms. The van der Waals surface area contributed by atoms with Gasteiger partial charge < -0.3 is 14.8 Å². The molecule has 1 atom stereocenters. The fraction of sp³-hybridized carbons (Fsp3) is 0.227. The summed E-state index contributed by atoms with van der Waals surface area (Å²) in [6, 6.07) is 11.2. The number of rotatable bonds is 3. The Hall–Kier alpha value is -4.21. The second-order valence-corrected chi connectivity index (χ2v) is 7.82. The van der Waals surface area contributed by atoms with Gasteiger partial charge in [-0.15, -0.1) is 5.10 Å². The Balaban J connectivity index is 1.47. The van der Waals surface area contributed by atoms with Crippen molar-refractivity contribution in [3.05, 3.63) is 69.4 Å². The minimum atomic E-state index is -0.456. The SMILES string of the molecule is O=C1CCCC2=C1C(c1ccc3c(c1)OCO3)n1nc(-c3ccc([N+](=O)[O-])cc3)nc1N2. The zero-order chi connectivity index (χ0) is 21.8. The van der Waals surface area contributed by atoms with Crippen molar-refractivity contribution in [2.45, 2.75) is 25.3 Å². The largest absolute Gasteiger partial charge is 0.454 e. The highest BCUT2D eigenvalue weighted by atomic mass is 16.7. The van der Waals surface area contributed by atoms with Crippen LogP contribution < -0.4 is 14.8 Å². The third-order valence-corrected chi connectivity index (χ3v) is 5.92. The normalized spacial score (nSPS) is 18.8. The van der Waals surface area contributed by atoms with E-state index in [0.717, 1.165) is 24.1 Å². The molecule has 0 amide bonds. The maximum atomic E-state index is 13.0. The number of nitrogens with zero attached hydrogens (tertiary/aromatic N) is 4. The average molecular weight is 431 g/mol. The van der Waals surface area contributed by atoms with E-state index in [4.69, 9.17) is 9.47 Å². The van der Waals surface area contributed by atoms with Gasteiger partial charge >= 0.3 is 0 Å². The van der Waals surface area contributed by atoms with E-state index < -0.39 is 11.0 Å². The number of nitro groups is 1. The first-order valence-electron chi connectivity index (χ1n) is 10.2. The van der Waals surface area contributed by atoms with Crippen LogP contribution in [0.4, 0.5) is 11.6 Å². The lowest BCUT2D eigenvalue weighted by Crippen LogP contribution is -2.31. The number of benzene rings is 2. The monoisotopic (exact) mass is 431 g/mol. The molecule has 1 aromatic heterocycles. The zero-order valence-electron chi connectivity index (χ0n) is 16.8. The van der Waals surface area contributed by atoms with E-state index in [-0.39, 0.29) is 18.3 Å². The number of anilines is 1. The van der Waals surface area contributed by atoms with Crippen LogP contribution in [-0.2, 0) is 4.79 Å². The summed E-state index contributed by atoms with van der Waals surface area (Å²) in [6.45, 7) is 0.163. The molecule has 1 unspecified atom stereocenters. The van der Waals surface area contributed by atoms with Gasteiger partial charge in [0.05, 0.1) is 4.92 Å². The predicted octanol–water partition coefficient (Wildman–Crippen LogP) is 3.60. The molecule has 32 heavy (non-hydrogen) atoms. The van der Waals surface area contributed by atoms with Gasteiger partial charge in [0.1, 0.15) is 6.04 Å². The Bertz CT molecular complexity index is 1310. The molecule has 0 saturated heterocycles. The number of ketones is 1. The Kier molecular flexibility index (Phi) is 4.00. The van der Waals surface area contributed by atoms with Gasteiger partial charge in [0.15, 0.2) is 23.1 Å². The molecule has 0 saturated carbocycles. The smallest absolute Gasteiger partial charge is 0.269 e. The topological polar surface area (TPSA) is 121 Å². The van der Waals surface area contributed by atoms with E-state index in [0.29, 0.717) is 40.8 Å². The summed E-state index contributed by atoms with van der Waals surface area (Å²) in [5.74, 6) is 2.32. The van der Waals surface area contributed by atoms with Gasteiger partial charge in [-0.25, -0.2) is 4.68 Å².